The van der Waals surface area contributed by atoms with Gasteiger partial charge < -0.3 is 44.6 Å². The van der Waals surface area contributed by atoms with E-state index in [0.29, 0.717) is 25.5 Å². The summed E-state index contributed by atoms with van der Waals surface area (Å²) in [5.74, 6) is 1.59. The largest absolute Gasteiger partial charge is 0.487 e. The summed E-state index contributed by atoms with van der Waals surface area (Å²) >= 11 is 0. The van der Waals surface area contributed by atoms with Crippen molar-refractivity contribution in [1.29, 1.82) is 0 Å². The first-order chi connectivity index (χ1) is 27.5. The molecule has 2 fully saturated rings. The molecule has 3 aliphatic heterocycles. The van der Waals surface area contributed by atoms with Crippen LogP contribution in [0.5, 0.6) is 5.75 Å². The minimum atomic E-state index is -0.694. The van der Waals surface area contributed by atoms with E-state index in [1.165, 1.54) is 14.2 Å². The molecule has 15 heteroatoms. The number of hydrogen-bond acceptors (Lipinski definition) is 9. The SMILES string of the molecule is COC(=O)NCC(C(=O)N1CCCC1c1nc2c([nH]1)COc1cc(-c3ccc(-c4cnc([C@@H]5CCCN5C(=O)[C@@H](NC(=O)OC)C(C)C)[nH]4)cc3)ccc1-2)C(C)C. The molecule has 2 aromatic carbocycles. The Balaban J connectivity index is 1.04. The molecule has 4 atom stereocenters. The van der Waals surface area contributed by atoms with Crippen LogP contribution in [-0.2, 0) is 25.7 Å². The summed E-state index contributed by atoms with van der Waals surface area (Å²) in [5, 5.41) is 5.40. The average molecular weight is 781 g/mol. The summed E-state index contributed by atoms with van der Waals surface area (Å²) in [6, 6.07) is 13.2. The Morgan fingerprint density at radius 3 is 2.14 bits per heavy atom. The van der Waals surface area contributed by atoms with Crippen LogP contribution in [0.15, 0.2) is 48.7 Å². The Hall–Kier alpha value is -5.86. The number of alkyl carbamates (subject to hydrolysis) is 2. The summed E-state index contributed by atoms with van der Waals surface area (Å²) < 4.78 is 15.7. The summed E-state index contributed by atoms with van der Waals surface area (Å²) in [6.45, 7) is 9.53. The fraction of sp³-hybridized carbons (Fsp3) is 0.476. The first-order valence-electron chi connectivity index (χ1n) is 19.8. The minimum Gasteiger partial charge on any atom is -0.487 e. The molecule has 5 heterocycles. The van der Waals surface area contributed by atoms with Crippen LogP contribution in [0.3, 0.4) is 0 Å². The quantitative estimate of drug-likeness (QED) is 0.135. The van der Waals surface area contributed by atoms with Crippen molar-refractivity contribution in [2.45, 2.75) is 78.1 Å². The number of likely N-dealkylation sites (tertiary alicyclic amines) is 2. The highest BCUT2D eigenvalue weighted by molar-refractivity contribution is 5.86. The average Bonchev–Trinajstić information content (AvgIpc) is 4.05. The molecule has 0 spiro atoms. The molecule has 57 heavy (non-hydrogen) atoms. The van der Waals surface area contributed by atoms with Crippen molar-refractivity contribution in [3.8, 4) is 39.4 Å². The number of H-pyrrole nitrogens is 2. The van der Waals surface area contributed by atoms with Crippen LogP contribution in [-0.4, -0.2) is 93.6 Å². The number of amides is 4. The van der Waals surface area contributed by atoms with E-state index in [1.807, 2.05) is 56.9 Å². The van der Waals surface area contributed by atoms with Gasteiger partial charge in [0, 0.05) is 25.2 Å². The normalized spacial score (nSPS) is 18.5. The number of fused-ring (bicyclic) bond motifs is 3. The second kappa shape index (κ2) is 16.7. The standard InChI is InChI=1S/C42H52N8O7/c1-23(2)29(20-44-41(53)55-5)39(51)49-17-8-10-33(49)38-46-31-22-57-34-19-27(15-16-28(34)36(31)47-38)25-11-13-26(14-12-25)30-21-43-37(45-30)32-9-7-18-50(32)40(52)35(24(3)4)48-42(54)56-6/h11-16,19,21,23-24,29,32-33,35H,7-10,17-18,20,22H2,1-6H3,(H,43,45)(H,44,53)(H,46,47)(H,48,54)/t29?,32-,33?,35-/m0/s1. The van der Waals surface area contributed by atoms with Crippen molar-refractivity contribution in [1.82, 2.24) is 40.4 Å². The molecule has 2 saturated heterocycles. The molecule has 3 aliphatic rings. The van der Waals surface area contributed by atoms with E-state index < -0.39 is 18.2 Å². The summed E-state index contributed by atoms with van der Waals surface area (Å²) in [6.07, 6.45) is 3.90. The molecule has 2 unspecified atom stereocenters. The number of aromatic amines is 2. The minimum absolute atomic E-state index is 0.00265. The molecule has 0 aliphatic carbocycles. The summed E-state index contributed by atoms with van der Waals surface area (Å²) in [7, 11) is 2.60. The zero-order chi connectivity index (χ0) is 40.4. The zero-order valence-corrected chi connectivity index (χ0v) is 33.4. The molecule has 0 bridgehead atoms. The third kappa shape index (κ3) is 8.05. The van der Waals surface area contributed by atoms with Gasteiger partial charge in [-0.25, -0.2) is 19.6 Å². The van der Waals surface area contributed by atoms with Gasteiger partial charge in [-0.05, 0) is 66.3 Å². The number of carbonyl (C=O) groups is 4. The molecular formula is C42H52N8O7. The predicted octanol–water partition coefficient (Wildman–Crippen LogP) is 6.36. The van der Waals surface area contributed by atoms with Gasteiger partial charge in [0.05, 0.1) is 55.5 Å². The fourth-order valence-corrected chi connectivity index (χ4v) is 8.17. The Morgan fingerprint density at radius 2 is 1.47 bits per heavy atom. The van der Waals surface area contributed by atoms with Crippen molar-refractivity contribution in [3.05, 3.63) is 66.0 Å². The maximum absolute atomic E-state index is 13.8. The van der Waals surface area contributed by atoms with Crippen LogP contribution in [0, 0.1) is 17.8 Å². The smallest absolute Gasteiger partial charge is 0.407 e. The third-order valence-corrected chi connectivity index (χ3v) is 11.4. The number of imidazole rings is 2. The van der Waals surface area contributed by atoms with Crippen LogP contribution in [0.1, 0.15) is 82.8 Å². The number of methoxy groups -OCH3 is 2. The van der Waals surface area contributed by atoms with Crippen molar-refractivity contribution in [3.63, 3.8) is 0 Å². The van der Waals surface area contributed by atoms with Gasteiger partial charge in [0.15, 0.2) is 0 Å². The van der Waals surface area contributed by atoms with Crippen molar-refractivity contribution >= 4 is 24.0 Å². The number of ether oxygens (including phenoxy) is 3. The highest BCUT2D eigenvalue weighted by atomic mass is 16.5. The van der Waals surface area contributed by atoms with E-state index in [4.69, 9.17) is 19.2 Å². The summed E-state index contributed by atoms with van der Waals surface area (Å²) in [4.78, 5) is 71.4. The molecule has 0 radical (unpaired) electrons. The monoisotopic (exact) mass is 780 g/mol. The maximum Gasteiger partial charge on any atom is 0.407 e. The second-order valence-electron chi connectivity index (χ2n) is 15.7. The van der Waals surface area contributed by atoms with Crippen LogP contribution in [0.4, 0.5) is 9.59 Å². The predicted molar refractivity (Wildman–Crippen MR) is 212 cm³/mol. The molecule has 302 valence electrons. The fourth-order valence-electron chi connectivity index (χ4n) is 8.17. The molecular weight excluding hydrogens is 729 g/mol. The van der Waals surface area contributed by atoms with E-state index in [1.54, 1.807) is 11.1 Å². The maximum atomic E-state index is 13.8. The lowest BCUT2D eigenvalue weighted by Crippen LogP contribution is -2.51. The number of carbonyl (C=O) groups excluding carboxylic acids is 4. The Kier molecular flexibility index (Phi) is 11.5. The number of hydrogen-bond donors (Lipinski definition) is 4. The van der Waals surface area contributed by atoms with E-state index in [-0.39, 0.29) is 48.2 Å². The van der Waals surface area contributed by atoms with Gasteiger partial charge in [0.25, 0.3) is 0 Å². The highest BCUT2D eigenvalue weighted by Gasteiger charge is 2.39. The Morgan fingerprint density at radius 1 is 0.825 bits per heavy atom. The first-order valence-corrected chi connectivity index (χ1v) is 19.8. The molecule has 4 aromatic rings. The molecule has 4 N–H and O–H groups in total. The van der Waals surface area contributed by atoms with Gasteiger partial charge in [0.1, 0.15) is 30.0 Å². The van der Waals surface area contributed by atoms with Gasteiger partial charge in [-0.2, -0.15) is 0 Å². The highest BCUT2D eigenvalue weighted by Crippen LogP contribution is 2.42. The van der Waals surface area contributed by atoms with Crippen molar-refractivity contribution in [2.75, 3.05) is 33.9 Å². The van der Waals surface area contributed by atoms with E-state index in [0.717, 1.165) is 76.6 Å². The lowest BCUT2D eigenvalue weighted by molar-refractivity contribution is -0.138. The van der Waals surface area contributed by atoms with Gasteiger partial charge >= 0.3 is 12.2 Å². The van der Waals surface area contributed by atoms with Crippen molar-refractivity contribution < 1.29 is 33.4 Å². The Labute approximate surface area is 332 Å². The van der Waals surface area contributed by atoms with Crippen LogP contribution < -0.4 is 15.4 Å². The van der Waals surface area contributed by atoms with Crippen molar-refractivity contribution in [2.24, 2.45) is 17.8 Å². The summed E-state index contributed by atoms with van der Waals surface area (Å²) in [5.41, 5.74) is 6.42. The van der Waals surface area contributed by atoms with Gasteiger partial charge in [-0.15, -0.1) is 0 Å². The lowest BCUT2D eigenvalue weighted by Gasteiger charge is -2.30. The van der Waals surface area contributed by atoms with Crippen LogP contribution in [0.2, 0.25) is 0 Å². The van der Waals surface area contributed by atoms with E-state index >= 15 is 0 Å². The molecule has 2 aromatic heterocycles. The Bertz CT molecular complexity index is 2110. The van der Waals surface area contributed by atoms with E-state index in [9.17, 15) is 19.2 Å². The number of benzene rings is 2. The third-order valence-electron chi connectivity index (χ3n) is 11.4. The first kappa shape index (κ1) is 39.4. The topological polar surface area (TPSA) is 184 Å². The lowest BCUT2D eigenvalue weighted by atomic mass is 9.94. The van der Waals surface area contributed by atoms with E-state index in [2.05, 4.69) is 43.8 Å². The molecule has 15 nitrogen and oxygen atoms in total. The number of nitrogens with zero attached hydrogens (tertiary/aromatic N) is 4. The van der Waals surface area contributed by atoms with Gasteiger partial charge in [-0.3, -0.25) is 9.59 Å². The number of nitrogens with one attached hydrogen (secondary N) is 4. The molecule has 7 rings (SSSR count). The number of aromatic nitrogens is 4. The molecule has 0 saturated carbocycles. The van der Waals surface area contributed by atoms with Crippen LogP contribution >= 0.6 is 0 Å². The molecule has 4 amide bonds. The van der Waals surface area contributed by atoms with Gasteiger partial charge in [-0.1, -0.05) is 58.0 Å². The van der Waals surface area contributed by atoms with Crippen LogP contribution in [0.25, 0.3) is 33.6 Å². The number of rotatable bonds is 11. The zero-order valence-electron chi connectivity index (χ0n) is 33.4. The van der Waals surface area contributed by atoms with Gasteiger partial charge in [0.2, 0.25) is 11.8 Å². The second-order valence-corrected chi connectivity index (χ2v) is 15.7.